The molecule has 1 aliphatic rings. The van der Waals surface area contributed by atoms with E-state index in [4.69, 9.17) is 0 Å². The Bertz CT molecular complexity index is 756. The van der Waals surface area contributed by atoms with E-state index in [0.717, 1.165) is 5.56 Å². The highest BCUT2D eigenvalue weighted by Crippen LogP contribution is 2.24. The van der Waals surface area contributed by atoms with Gasteiger partial charge in [0.25, 0.3) is 10.0 Å². The molecule has 0 unspecified atom stereocenters. The molecular weight excluding hydrogens is 319 g/mol. The number of sulfonamides is 1. The van der Waals surface area contributed by atoms with Crippen LogP contribution < -0.4 is 0 Å². The molecule has 3 rings (SSSR count). The number of piperazine rings is 1. The molecule has 1 N–H and O–H groups in total. The van der Waals surface area contributed by atoms with E-state index < -0.39 is 10.0 Å². The minimum atomic E-state index is -3.51. The topological polar surface area (TPSA) is 69.3 Å². The van der Waals surface area contributed by atoms with Gasteiger partial charge in [-0.3, -0.25) is 4.90 Å². The molecule has 0 bridgehead atoms. The molecule has 1 aromatic heterocycles. The SMILES string of the molecule is C[C@@H](c1cccc(F)c1)N1CCN(S(=O)(=O)c2cnc[nH]2)CC1. The second-order valence-electron chi connectivity index (χ2n) is 5.59. The smallest absolute Gasteiger partial charge is 0.260 e. The molecule has 1 saturated heterocycles. The maximum atomic E-state index is 13.4. The lowest BCUT2D eigenvalue weighted by Gasteiger charge is -2.37. The van der Waals surface area contributed by atoms with E-state index in [2.05, 4.69) is 14.9 Å². The molecule has 0 spiro atoms. The second kappa shape index (κ2) is 6.38. The second-order valence-corrected chi connectivity index (χ2v) is 7.49. The number of rotatable bonds is 4. The third kappa shape index (κ3) is 3.29. The first kappa shape index (κ1) is 16.1. The van der Waals surface area contributed by atoms with Crippen molar-refractivity contribution in [1.82, 2.24) is 19.2 Å². The molecular formula is C15H19FN4O2S. The Morgan fingerprint density at radius 3 is 2.61 bits per heavy atom. The Morgan fingerprint density at radius 2 is 2.00 bits per heavy atom. The van der Waals surface area contributed by atoms with Crippen LogP contribution in [-0.2, 0) is 10.0 Å². The number of nitrogens with zero attached hydrogens (tertiary/aromatic N) is 3. The lowest BCUT2D eigenvalue weighted by molar-refractivity contribution is 0.145. The zero-order valence-corrected chi connectivity index (χ0v) is 13.6. The summed E-state index contributed by atoms with van der Waals surface area (Å²) in [5.41, 5.74) is 0.898. The lowest BCUT2D eigenvalue weighted by atomic mass is 10.1. The van der Waals surface area contributed by atoms with Crippen molar-refractivity contribution in [3.63, 3.8) is 0 Å². The fraction of sp³-hybridized carbons (Fsp3) is 0.400. The van der Waals surface area contributed by atoms with Gasteiger partial charge in [0, 0.05) is 32.2 Å². The summed E-state index contributed by atoms with van der Waals surface area (Å²) >= 11 is 0. The molecule has 1 atom stereocenters. The molecule has 0 radical (unpaired) electrons. The van der Waals surface area contributed by atoms with Crippen LogP contribution in [0.15, 0.2) is 41.8 Å². The number of aromatic amines is 1. The Kier molecular flexibility index (Phi) is 4.47. The summed E-state index contributed by atoms with van der Waals surface area (Å²) in [6.45, 7) is 4.02. The molecule has 8 heteroatoms. The van der Waals surface area contributed by atoms with Crippen LogP contribution in [0.1, 0.15) is 18.5 Å². The van der Waals surface area contributed by atoms with Crippen LogP contribution in [0.4, 0.5) is 4.39 Å². The van der Waals surface area contributed by atoms with Gasteiger partial charge in [-0.2, -0.15) is 4.31 Å². The van der Waals surface area contributed by atoms with Crippen molar-refractivity contribution in [2.45, 2.75) is 18.0 Å². The van der Waals surface area contributed by atoms with E-state index in [1.165, 1.54) is 29.0 Å². The fourth-order valence-electron chi connectivity index (χ4n) is 2.83. The van der Waals surface area contributed by atoms with Crippen molar-refractivity contribution in [2.75, 3.05) is 26.2 Å². The summed E-state index contributed by atoms with van der Waals surface area (Å²) < 4.78 is 39.7. The van der Waals surface area contributed by atoms with E-state index >= 15 is 0 Å². The van der Waals surface area contributed by atoms with Crippen molar-refractivity contribution >= 4 is 10.0 Å². The number of hydrogen-bond acceptors (Lipinski definition) is 4. The Labute approximate surface area is 135 Å². The zero-order valence-electron chi connectivity index (χ0n) is 12.8. The van der Waals surface area contributed by atoms with Gasteiger partial charge in [0.05, 0.1) is 12.5 Å². The van der Waals surface area contributed by atoms with E-state index in [1.54, 1.807) is 6.07 Å². The molecule has 0 amide bonds. The van der Waals surface area contributed by atoms with E-state index in [-0.39, 0.29) is 16.9 Å². The molecule has 23 heavy (non-hydrogen) atoms. The van der Waals surface area contributed by atoms with Gasteiger partial charge in [0.15, 0.2) is 5.03 Å². The zero-order chi connectivity index (χ0) is 16.4. The molecule has 6 nitrogen and oxygen atoms in total. The Hall–Kier alpha value is -1.77. The first-order valence-electron chi connectivity index (χ1n) is 7.46. The average Bonchev–Trinajstić information content (AvgIpc) is 3.09. The molecule has 0 saturated carbocycles. The standard InChI is InChI=1S/C15H19FN4O2S/c1-12(13-3-2-4-14(16)9-13)19-5-7-20(8-6-19)23(21,22)15-10-17-11-18-15/h2-4,9-12H,5-8H2,1H3,(H,17,18)/t12-/m0/s1. The number of benzene rings is 1. The predicted molar refractivity (Wildman–Crippen MR) is 83.7 cm³/mol. The summed E-state index contributed by atoms with van der Waals surface area (Å²) in [6, 6.07) is 6.58. The molecule has 2 heterocycles. The van der Waals surface area contributed by atoms with Crippen molar-refractivity contribution in [3.05, 3.63) is 48.2 Å². The van der Waals surface area contributed by atoms with Gasteiger partial charge in [-0.25, -0.2) is 17.8 Å². The summed E-state index contributed by atoms with van der Waals surface area (Å²) in [7, 11) is -3.51. The lowest BCUT2D eigenvalue weighted by Crippen LogP contribution is -2.49. The largest absolute Gasteiger partial charge is 0.335 e. The molecule has 1 aromatic carbocycles. The third-order valence-electron chi connectivity index (χ3n) is 4.24. The number of halogens is 1. The Morgan fingerprint density at radius 1 is 1.26 bits per heavy atom. The van der Waals surface area contributed by atoms with Crippen molar-refractivity contribution in [2.24, 2.45) is 0 Å². The highest BCUT2D eigenvalue weighted by atomic mass is 32.2. The summed E-state index contributed by atoms with van der Waals surface area (Å²) in [5, 5.41) is 0.115. The van der Waals surface area contributed by atoms with Crippen LogP contribution in [0.25, 0.3) is 0 Å². The predicted octanol–water partition coefficient (Wildman–Crippen LogP) is 1.62. The van der Waals surface area contributed by atoms with E-state index in [0.29, 0.717) is 26.2 Å². The Balaban J connectivity index is 1.67. The van der Waals surface area contributed by atoms with Crippen LogP contribution in [0.3, 0.4) is 0 Å². The average molecular weight is 338 g/mol. The van der Waals surface area contributed by atoms with Crippen LogP contribution in [-0.4, -0.2) is 53.8 Å². The maximum absolute atomic E-state index is 13.4. The first-order valence-corrected chi connectivity index (χ1v) is 8.90. The highest BCUT2D eigenvalue weighted by molar-refractivity contribution is 7.89. The number of hydrogen-bond donors (Lipinski definition) is 1. The van der Waals surface area contributed by atoms with Crippen molar-refractivity contribution < 1.29 is 12.8 Å². The molecule has 124 valence electrons. The van der Waals surface area contributed by atoms with Crippen LogP contribution in [0.2, 0.25) is 0 Å². The van der Waals surface area contributed by atoms with Gasteiger partial charge in [0.2, 0.25) is 0 Å². The van der Waals surface area contributed by atoms with Gasteiger partial charge in [-0.1, -0.05) is 12.1 Å². The minimum absolute atomic E-state index is 0.0442. The monoisotopic (exact) mass is 338 g/mol. The number of nitrogens with one attached hydrogen (secondary N) is 1. The maximum Gasteiger partial charge on any atom is 0.260 e. The molecule has 1 aliphatic heterocycles. The summed E-state index contributed by atoms with van der Waals surface area (Å²) in [4.78, 5) is 8.57. The van der Waals surface area contributed by atoms with E-state index in [1.807, 2.05) is 13.0 Å². The van der Waals surface area contributed by atoms with Gasteiger partial charge in [0.1, 0.15) is 5.82 Å². The molecule has 2 aromatic rings. The summed E-state index contributed by atoms with van der Waals surface area (Å²) in [6.07, 6.45) is 2.67. The molecule has 0 aliphatic carbocycles. The van der Waals surface area contributed by atoms with Gasteiger partial charge in [-0.15, -0.1) is 0 Å². The van der Waals surface area contributed by atoms with Crippen LogP contribution in [0.5, 0.6) is 0 Å². The summed E-state index contributed by atoms with van der Waals surface area (Å²) in [5.74, 6) is -0.255. The fourth-order valence-corrected chi connectivity index (χ4v) is 4.15. The normalized spacial score (nSPS) is 18.9. The number of aromatic nitrogens is 2. The van der Waals surface area contributed by atoms with Gasteiger partial charge >= 0.3 is 0 Å². The van der Waals surface area contributed by atoms with E-state index in [9.17, 15) is 12.8 Å². The first-order chi connectivity index (χ1) is 11.0. The number of H-pyrrole nitrogens is 1. The van der Waals surface area contributed by atoms with Crippen LogP contribution >= 0.6 is 0 Å². The third-order valence-corrected chi connectivity index (χ3v) is 6.07. The van der Waals surface area contributed by atoms with Crippen molar-refractivity contribution in [3.8, 4) is 0 Å². The van der Waals surface area contributed by atoms with Crippen molar-refractivity contribution in [1.29, 1.82) is 0 Å². The van der Waals surface area contributed by atoms with Crippen LogP contribution in [0, 0.1) is 5.82 Å². The van der Waals surface area contributed by atoms with Gasteiger partial charge in [-0.05, 0) is 24.6 Å². The quantitative estimate of drug-likeness (QED) is 0.920. The number of imidazole rings is 1. The minimum Gasteiger partial charge on any atom is -0.335 e. The van der Waals surface area contributed by atoms with Gasteiger partial charge < -0.3 is 4.98 Å². The molecule has 1 fully saturated rings. The highest BCUT2D eigenvalue weighted by Gasteiger charge is 2.31.